The number of sulfone groups is 1. The molecule has 146 valence electrons. The number of hydrogen-bond donors (Lipinski definition) is 1. The van der Waals surface area contributed by atoms with Crippen LogP contribution >= 0.6 is 0 Å². The monoisotopic (exact) mass is 397 g/mol. The average molecular weight is 397 g/mol. The minimum absolute atomic E-state index is 0.127. The highest BCUT2D eigenvalue weighted by Crippen LogP contribution is 2.35. The number of pyridine rings is 1. The molecular formula is C22H23NO4S. The van der Waals surface area contributed by atoms with E-state index < -0.39 is 9.84 Å². The predicted molar refractivity (Wildman–Crippen MR) is 108 cm³/mol. The van der Waals surface area contributed by atoms with Crippen molar-refractivity contribution in [3.8, 4) is 0 Å². The van der Waals surface area contributed by atoms with E-state index in [1.807, 2.05) is 12.1 Å². The van der Waals surface area contributed by atoms with Crippen molar-refractivity contribution in [2.75, 3.05) is 0 Å². The minimum atomic E-state index is -3.24. The topological polar surface area (TPSA) is 84.1 Å². The van der Waals surface area contributed by atoms with Gasteiger partial charge < -0.3 is 4.98 Å². The number of aromatic nitrogens is 1. The van der Waals surface area contributed by atoms with E-state index in [9.17, 15) is 18.0 Å². The van der Waals surface area contributed by atoms with Gasteiger partial charge in [0.2, 0.25) is 0 Å². The maximum atomic E-state index is 12.4. The zero-order valence-corrected chi connectivity index (χ0v) is 16.6. The summed E-state index contributed by atoms with van der Waals surface area (Å²) in [7, 11) is -3.24. The number of benzene rings is 1. The number of aromatic amines is 1. The van der Waals surface area contributed by atoms with Crippen molar-refractivity contribution >= 4 is 21.2 Å². The quantitative estimate of drug-likeness (QED) is 0.838. The average Bonchev–Trinajstić information content (AvgIpc) is 3.46. The first kappa shape index (κ1) is 18.9. The first-order valence-corrected chi connectivity index (χ1v) is 11.2. The van der Waals surface area contributed by atoms with Crippen molar-refractivity contribution < 1.29 is 13.2 Å². The molecule has 1 aromatic carbocycles. The molecule has 2 aliphatic carbocycles. The van der Waals surface area contributed by atoms with Gasteiger partial charge in [0.05, 0.1) is 10.1 Å². The molecule has 0 spiro atoms. The highest BCUT2D eigenvalue weighted by Gasteiger charge is 2.36. The van der Waals surface area contributed by atoms with Crippen LogP contribution in [0, 0.1) is 12.8 Å². The highest BCUT2D eigenvalue weighted by atomic mass is 32.2. The van der Waals surface area contributed by atoms with Crippen LogP contribution in [0.5, 0.6) is 0 Å². The van der Waals surface area contributed by atoms with Crippen LogP contribution in [0.4, 0.5) is 0 Å². The highest BCUT2D eigenvalue weighted by molar-refractivity contribution is 7.92. The van der Waals surface area contributed by atoms with E-state index in [0.717, 1.165) is 30.4 Å². The second-order valence-electron chi connectivity index (χ2n) is 7.77. The summed E-state index contributed by atoms with van der Waals surface area (Å²) in [5.41, 5.74) is 2.80. The van der Waals surface area contributed by atoms with Crippen LogP contribution in [0.15, 0.2) is 52.2 Å². The standard InChI is InChI=1S/C22H23NO4S/c1-14-2-11-21(23-22(14)25)20(13-15-3-6-17(24)12-15)16-4-7-18(8-5-16)28(26,27)19-9-10-19/h2,4-5,7-8,11,13,15,19H,3,6,9-10,12H2,1H3,(H,23,25)/b20-13-/t15-/m0/s1. The summed E-state index contributed by atoms with van der Waals surface area (Å²) in [4.78, 5) is 27.0. The molecule has 28 heavy (non-hydrogen) atoms. The zero-order valence-electron chi connectivity index (χ0n) is 15.8. The number of hydrogen-bond acceptors (Lipinski definition) is 4. The summed E-state index contributed by atoms with van der Waals surface area (Å²) in [5.74, 6) is 0.381. The summed E-state index contributed by atoms with van der Waals surface area (Å²) in [6.07, 6.45) is 5.39. The van der Waals surface area contributed by atoms with Crippen LogP contribution in [0.2, 0.25) is 0 Å². The molecule has 0 aliphatic heterocycles. The van der Waals surface area contributed by atoms with E-state index in [4.69, 9.17) is 0 Å². The third kappa shape index (κ3) is 3.74. The molecule has 2 aromatic rings. The van der Waals surface area contributed by atoms with Crippen LogP contribution in [0.25, 0.3) is 5.57 Å². The molecule has 0 amide bonds. The molecular weight excluding hydrogens is 374 g/mol. The zero-order chi connectivity index (χ0) is 19.9. The third-order valence-corrected chi connectivity index (χ3v) is 7.82. The molecule has 4 rings (SSSR count). The third-order valence-electron chi connectivity index (χ3n) is 5.54. The lowest BCUT2D eigenvalue weighted by Crippen LogP contribution is -2.12. The Balaban J connectivity index is 1.74. The molecule has 5 nitrogen and oxygen atoms in total. The molecule has 2 saturated carbocycles. The molecule has 0 unspecified atom stereocenters. The van der Waals surface area contributed by atoms with Gasteiger partial charge in [0.1, 0.15) is 5.78 Å². The van der Waals surface area contributed by atoms with E-state index in [0.29, 0.717) is 29.0 Å². The Bertz CT molecular complexity index is 1110. The lowest BCUT2D eigenvalue weighted by atomic mass is 9.96. The van der Waals surface area contributed by atoms with Gasteiger partial charge in [0, 0.05) is 29.7 Å². The van der Waals surface area contributed by atoms with Crippen LogP contribution in [0.1, 0.15) is 48.9 Å². The van der Waals surface area contributed by atoms with E-state index >= 15 is 0 Å². The van der Waals surface area contributed by atoms with E-state index in [1.54, 1.807) is 37.3 Å². The van der Waals surface area contributed by atoms with E-state index in [1.165, 1.54) is 0 Å². The normalized spacial score (nSPS) is 20.5. The van der Waals surface area contributed by atoms with Gasteiger partial charge in [-0.3, -0.25) is 9.59 Å². The van der Waals surface area contributed by atoms with Gasteiger partial charge in [0.25, 0.3) is 5.56 Å². The summed E-state index contributed by atoms with van der Waals surface area (Å²) in [6.45, 7) is 1.75. The Morgan fingerprint density at radius 2 is 1.75 bits per heavy atom. The summed E-state index contributed by atoms with van der Waals surface area (Å²) >= 11 is 0. The Morgan fingerprint density at radius 1 is 1.04 bits per heavy atom. The lowest BCUT2D eigenvalue weighted by Gasteiger charge is -2.13. The van der Waals surface area contributed by atoms with E-state index in [-0.39, 0.29) is 22.5 Å². The molecule has 1 atom stereocenters. The smallest absolute Gasteiger partial charge is 0.251 e. The number of nitrogens with one attached hydrogen (secondary N) is 1. The van der Waals surface area contributed by atoms with Gasteiger partial charge in [-0.1, -0.05) is 24.3 Å². The van der Waals surface area contributed by atoms with Crippen molar-refractivity contribution in [3.05, 3.63) is 69.6 Å². The predicted octanol–water partition coefficient (Wildman–Crippen LogP) is 3.42. The minimum Gasteiger partial charge on any atom is -0.322 e. The van der Waals surface area contributed by atoms with Crippen LogP contribution in [-0.4, -0.2) is 24.4 Å². The molecule has 1 heterocycles. The second kappa shape index (κ2) is 7.17. The maximum Gasteiger partial charge on any atom is 0.251 e. The number of allylic oxidation sites excluding steroid dienone is 1. The van der Waals surface area contributed by atoms with Crippen LogP contribution in [-0.2, 0) is 14.6 Å². The fourth-order valence-electron chi connectivity index (χ4n) is 3.66. The van der Waals surface area contributed by atoms with Crippen LogP contribution in [0.3, 0.4) is 0 Å². The summed E-state index contributed by atoms with van der Waals surface area (Å²) in [6, 6.07) is 10.5. The van der Waals surface area contributed by atoms with E-state index in [2.05, 4.69) is 4.98 Å². The lowest BCUT2D eigenvalue weighted by molar-refractivity contribution is -0.117. The fourth-order valence-corrected chi connectivity index (χ4v) is 5.32. The molecule has 1 aromatic heterocycles. The van der Waals surface area contributed by atoms with Gasteiger partial charge in [-0.25, -0.2) is 8.42 Å². The molecule has 6 heteroatoms. The molecule has 0 bridgehead atoms. The van der Waals surface area contributed by atoms with Crippen molar-refractivity contribution in [2.24, 2.45) is 5.92 Å². The largest absolute Gasteiger partial charge is 0.322 e. The molecule has 0 saturated heterocycles. The molecule has 2 aliphatic rings. The van der Waals surface area contributed by atoms with Crippen LogP contribution < -0.4 is 5.56 Å². The Labute approximate surface area is 164 Å². The van der Waals surface area contributed by atoms with Crippen molar-refractivity contribution in [3.63, 3.8) is 0 Å². The molecule has 1 N–H and O–H groups in total. The Kier molecular flexibility index (Phi) is 4.83. The summed E-state index contributed by atoms with van der Waals surface area (Å²) < 4.78 is 24.9. The summed E-state index contributed by atoms with van der Waals surface area (Å²) in [5, 5.41) is -0.244. The number of carbonyl (C=O) groups excluding carboxylic acids is 1. The van der Waals surface area contributed by atoms with Crippen molar-refractivity contribution in [1.82, 2.24) is 4.98 Å². The van der Waals surface area contributed by atoms with Gasteiger partial charge in [-0.05, 0) is 55.9 Å². The maximum absolute atomic E-state index is 12.4. The first-order chi connectivity index (χ1) is 13.3. The second-order valence-corrected chi connectivity index (χ2v) is 10.0. The molecule has 2 fully saturated rings. The Hall–Kier alpha value is -2.47. The SMILES string of the molecule is Cc1ccc(/C(=C\[C@H]2CCC(=O)C2)c2ccc(S(=O)(=O)C3CC3)cc2)[nH]c1=O. The van der Waals surface area contributed by atoms with Gasteiger partial charge in [0.15, 0.2) is 9.84 Å². The van der Waals surface area contributed by atoms with Crippen molar-refractivity contribution in [1.29, 1.82) is 0 Å². The number of carbonyl (C=O) groups is 1. The number of ketones is 1. The Morgan fingerprint density at radius 3 is 2.32 bits per heavy atom. The fraction of sp³-hybridized carbons (Fsp3) is 0.364. The van der Waals surface area contributed by atoms with Gasteiger partial charge >= 0.3 is 0 Å². The van der Waals surface area contributed by atoms with Gasteiger partial charge in [-0.2, -0.15) is 0 Å². The number of H-pyrrole nitrogens is 1. The number of aryl methyl sites for hydroxylation is 1. The first-order valence-electron chi connectivity index (χ1n) is 9.63. The van der Waals surface area contributed by atoms with Crippen molar-refractivity contribution in [2.45, 2.75) is 49.2 Å². The number of Topliss-reactive ketones (excluding diaryl/α,β-unsaturated/α-hetero) is 1. The number of rotatable bonds is 5. The van der Waals surface area contributed by atoms with Gasteiger partial charge in [-0.15, -0.1) is 0 Å². The molecule has 0 radical (unpaired) electrons.